The van der Waals surface area contributed by atoms with Gasteiger partial charge in [-0.1, -0.05) is 173 Å². The van der Waals surface area contributed by atoms with E-state index in [4.69, 9.17) is 0 Å². The van der Waals surface area contributed by atoms with Crippen LogP contribution in [0.2, 0.25) is 0 Å². The normalized spacial score (nSPS) is 13.1. The number of benzene rings is 12. The summed E-state index contributed by atoms with van der Waals surface area (Å²) in [5.41, 5.74) is 12.7. The van der Waals surface area contributed by atoms with E-state index >= 15 is 0 Å². The fourth-order valence-corrected chi connectivity index (χ4v) is 13.4. The Balaban J connectivity index is 1.12. The zero-order valence-corrected chi connectivity index (χ0v) is 36.1. The molecule has 0 unspecified atom stereocenters. The second-order valence-corrected chi connectivity index (χ2v) is 19.3. The number of rotatable bonds is 3. The monoisotopic (exact) mass is 798 g/mol. The molecule has 0 N–H and O–H groups in total. The molecule has 0 aromatic heterocycles. The molecule has 0 spiro atoms. The van der Waals surface area contributed by atoms with Crippen LogP contribution in [0.4, 0.5) is 0 Å². The van der Waals surface area contributed by atoms with Gasteiger partial charge in [0.2, 0.25) is 0 Å². The summed E-state index contributed by atoms with van der Waals surface area (Å²) in [6.07, 6.45) is 0. The lowest BCUT2D eigenvalue weighted by molar-refractivity contribution is 0.864. The molecule has 0 atom stereocenters. The van der Waals surface area contributed by atoms with Gasteiger partial charge in [0.25, 0.3) is 0 Å². The predicted molar refractivity (Wildman–Crippen MR) is 275 cm³/mol. The quantitative estimate of drug-likeness (QED) is 0.123. The molecule has 0 bridgehead atoms. The Morgan fingerprint density at radius 2 is 0.619 bits per heavy atom. The van der Waals surface area contributed by atoms with Gasteiger partial charge in [-0.15, -0.1) is 0 Å². The maximum absolute atomic E-state index is 2.58. The first-order valence-corrected chi connectivity index (χ1v) is 22.9. The minimum atomic E-state index is 0.391. The molecule has 0 nitrogen and oxygen atoms in total. The van der Waals surface area contributed by atoms with E-state index < -0.39 is 0 Å². The molecule has 0 saturated carbocycles. The van der Waals surface area contributed by atoms with E-state index in [1.165, 1.54) is 169 Å². The van der Waals surface area contributed by atoms with Crippen LogP contribution in [0.25, 0.3) is 152 Å². The van der Waals surface area contributed by atoms with Crippen molar-refractivity contribution in [3.05, 3.63) is 168 Å². The van der Waals surface area contributed by atoms with Crippen LogP contribution >= 0.6 is 0 Å². The van der Waals surface area contributed by atoms with Crippen LogP contribution in [0.5, 0.6) is 0 Å². The third-order valence-corrected chi connectivity index (χ3v) is 15.6. The first-order valence-electron chi connectivity index (χ1n) is 22.9. The second kappa shape index (κ2) is 11.6. The van der Waals surface area contributed by atoms with E-state index in [9.17, 15) is 0 Å². The van der Waals surface area contributed by atoms with Crippen molar-refractivity contribution in [1.82, 2.24) is 0 Å². The average Bonchev–Trinajstić information content (AvgIpc) is 3.94. The third-order valence-electron chi connectivity index (χ3n) is 15.6. The van der Waals surface area contributed by atoms with Crippen molar-refractivity contribution >= 4 is 118 Å². The van der Waals surface area contributed by atoms with Crippen LogP contribution in [-0.4, -0.2) is 0 Å². The molecular formula is C63H42. The molecule has 0 heterocycles. The summed E-state index contributed by atoms with van der Waals surface area (Å²) < 4.78 is 0. The van der Waals surface area contributed by atoms with Gasteiger partial charge in [0.15, 0.2) is 0 Å². The number of aryl methyl sites for hydroxylation is 1. The Hall–Kier alpha value is -7.28. The van der Waals surface area contributed by atoms with Gasteiger partial charge >= 0.3 is 0 Å². The molecule has 294 valence electrons. The molecular weight excluding hydrogens is 757 g/mol. The highest BCUT2D eigenvalue weighted by atomic mass is 14.4. The van der Waals surface area contributed by atoms with Gasteiger partial charge in [0, 0.05) is 0 Å². The topological polar surface area (TPSA) is 0 Å². The van der Waals surface area contributed by atoms with Crippen molar-refractivity contribution in [2.45, 2.75) is 46.5 Å². The number of hydrogen-bond acceptors (Lipinski definition) is 0. The van der Waals surface area contributed by atoms with Crippen molar-refractivity contribution in [3.63, 3.8) is 0 Å². The zero-order chi connectivity index (χ0) is 41.7. The largest absolute Gasteiger partial charge is 0.0620 e. The van der Waals surface area contributed by atoms with Crippen molar-refractivity contribution in [2.24, 2.45) is 0 Å². The molecule has 0 amide bonds. The van der Waals surface area contributed by atoms with E-state index in [0.717, 1.165) is 0 Å². The molecule has 1 aliphatic rings. The van der Waals surface area contributed by atoms with Crippen LogP contribution in [0.1, 0.15) is 56.2 Å². The lowest BCUT2D eigenvalue weighted by Gasteiger charge is -2.23. The summed E-state index contributed by atoms with van der Waals surface area (Å²) in [6.45, 7) is 11.8. The van der Waals surface area contributed by atoms with Crippen molar-refractivity contribution in [2.75, 3.05) is 0 Å². The van der Waals surface area contributed by atoms with Crippen LogP contribution in [0.15, 0.2) is 152 Å². The zero-order valence-electron chi connectivity index (χ0n) is 36.1. The Labute approximate surface area is 365 Å². The van der Waals surface area contributed by atoms with Gasteiger partial charge in [-0.05, 0) is 193 Å². The molecule has 1 aliphatic carbocycles. The van der Waals surface area contributed by atoms with E-state index in [-0.39, 0.29) is 0 Å². The van der Waals surface area contributed by atoms with Crippen LogP contribution in [0.3, 0.4) is 0 Å². The first kappa shape index (κ1) is 34.3. The lowest BCUT2D eigenvalue weighted by Crippen LogP contribution is -2.01. The summed E-state index contributed by atoms with van der Waals surface area (Å²) in [7, 11) is 0. The molecule has 0 heteroatoms. The molecule has 0 saturated heterocycles. The van der Waals surface area contributed by atoms with Gasteiger partial charge in [0.1, 0.15) is 0 Å². The van der Waals surface area contributed by atoms with E-state index in [1.807, 2.05) is 0 Å². The van der Waals surface area contributed by atoms with Gasteiger partial charge in [-0.3, -0.25) is 0 Å². The van der Waals surface area contributed by atoms with Gasteiger partial charge in [-0.2, -0.15) is 0 Å². The third kappa shape index (κ3) is 3.93. The maximum atomic E-state index is 2.58. The Bertz CT molecular complexity index is 4260. The van der Waals surface area contributed by atoms with Crippen LogP contribution in [0, 0.1) is 6.92 Å². The highest BCUT2D eigenvalue weighted by molar-refractivity contribution is 6.51. The summed E-state index contributed by atoms with van der Waals surface area (Å²) >= 11 is 0. The Morgan fingerprint density at radius 1 is 0.254 bits per heavy atom. The van der Waals surface area contributed by atoms with Gasteiger partial charge < -0.3 is 0 Å². The Morgan fingerprint density at radius 3 is 1.19 bits per heavy atom. The molecule has 15 rings (SSSR count). The molecule has 0 radical (unpaired) electrons. The number of hydrogen-bond donors (Lipinski definition) is 0. The summed E-state index contributed by atoms with van der Waals surface area (Å²) in [6, 6.07) is 58.9. The second-order valence-electron chi connectivity index (χ2n) is 19.3. The van der Waals surface area contributed by atoms with Crippen LogP contribution < -0.4 is 0 Å². The highest BCUT2D eigenvalue weighted by Gasteiger charge is 2.33. The fraction of sp³-hybridized carbons (Fsp3) is 0.111. The molecule has 63 heavy (non-hydrogen) atoms. The molecule has 0 fully saturated rings. The molecule has 0 aliphatic heterocycles. The first-order chi connectivity index (χ1) is 30.9. The molecule has 14 aromatic rings. The highest BCUT2D eigenvalue weighted by Crippen LogP contribution is 2.60. The van der Waals surface area contributed by atoms with Gasteiger partial charge in [-0.25, -0.2) is 0 Å². The van der Waals surface area contributed by atoms with Crippen molar-refractivity contribution < 1.29 is 0 Å². The standard InChI is InChI=1S/C63H42/c1-31(2)51-35-16-8-9-17-36(35)52(32(3)4)62-48-29-26-44-42-24-27-46-57-45(23-22-41(54(42)57)43-25-28-47(61(51)62)58(48)55(43)44)49-30-50-53(34-15-7-6-14-33(34)5)37-18-10-11-19-38(37)56-39-20-12-13-21-40(39)60(59(46)49)63(50)56/h6-32H,1-5H3. The predicted octanol–water partition coefficient (Wildman–Crippen LogP) is 18.6. The maximum Gasteiger partial charge on any atom is -0.000697 e. The van der Waals surface area contributed by atoms with E-state index in [1.54, 1.807) is 0 Å². The minimum Gasteiger partial charge on any atom is -0.0620 e. The minimum absolute atomic E-state index is 0.391. The van der Waals surface area contributed by atoms with Crippen LogP contribution in [-0.2, 0) is 0 Å². The molecule has 14 aromatic carbocycles. The fourth-order valence-electron chi connectivity index (χ4n) is 13.4. The number of fused-ring (bicyclic) bond motifs is 15. The van der Waals surface area contributed by atoms with Gasteiger partial charge in [0.05, 0.1) is 0 Å². The SMILES string of the molecule is Cc1ccccc1-c1c2ccccc2c2c3ccccc3c3c4c(cc1c23)c1ccc2c3ccc5c6c(ccc(c7ccc4c1c27)c63)-c1c-5c(C(C)C)c2ccccc2c1C(C)C. The Kier molecular flexibility index (Phi) is 6.32. The van der Waals surface area contributed by atoms with E-state index in [2.05, 4.69) is 186 Å². The smallest absolute Gasteiger partial charge is 0.000697 e. The summed E-state index contributed by atoms with van der Waals surface area (Å²) in [5, 5.41) is 30.2. The summed E-state index contributed by atoms with van der Waals surface area (Å²) in [5.74, 6) is 0.783. The van der Waals surface area contributed by atoms with Crippen molar-refractivity contribution in [3.8, 4) is 33.4 Å². The van der Waals surface area contributed by atoms with Crippen molar-refractivity contribution in [1.29, 1.82) is 0 Å². The summed E-state index contributed by atoms with van der Waals surface area (Å²) in [4.78, 5) is 0. The lowest BCUT2D eigenvalue weighted by atomic mass is 9.80. The average molecular weight is 799 g/mol. The van der Waals surface area contributed by atoms with E-state index in [0.29, 0.717) is 11.8 Å².